The van der Waals surface area contributed by atoms with Crippen molar-refractivity contribution in [2.75, 3.05) is 18.4 Å². The largest absolute Gasteiger partial charge is 0.478 e. The second kappa shape index (κ2) is 6.33. The minimum Gasteiger partial charge on any atom is -0.478 e. The van der Waals surface area contributed by atoms with Crippen LogP contribution in [0.3, 0.4) is 0 Å². The molecule has 7 heteroatoms. The fraction of sp³-hybridized carbons (Fsp3) is 0.385. The highest BCUT2D eigenvalue weighted by molar-refractivity contribution is 5.91. The number of carboxylic acid groups (broad SMARTS) is 1. The zero-order chi connectivity index (χ0) is 14.5. The van der Waals surface area contributed by atoms with Gasteiger partial charge in [0, 0.05) is 18.8 Å². The number of hydrogen-bond donors (Lipinski definition) is 3. The lowest BCUT2D eigenvalue weighted by Crippen LogP contribution is -2.46. The minimum atomic E-state index is -1.34. The summed E-state index contributed by atoms with van der Waals surface area (Å²) in [4.78, 5) is 22.4. The second-order valence-electron chi connectivity index (χ2n) is 4.61. The molecule has 0 atom stereocenters. The standard InChI is InChI=1S/C13H16FN3O3/c14-11-8-9(4-5-10(11)12(18)19)15-13(20)16-17-6-2-1-3-7-17/h4-5,8H,1-3,6-7H2,(H,18,19)(H2,15,16,20). The number of carbonyl (C=O) groups is 2. The van der Waals surface area contributed by atoms with Crippen molar-refractivity contribution in [3.8, 4) is 0 Å². The number of aromatic carboxylic acids is 1. The minimum absolute atomic E-state index is 0.210. The zero-order valence-electron chi connectivity index (χ0n) is 10.9. The van der Waals surface area contributed by atoms with Gasteiger partial charge < -0.3 is 10.4 Å². The molecule has 108 valence electrons. The fourth-order valence-electron chi connectivity index (χ4n) is 2.07. The van der Waals surface area contributed by atoms with Gasteiger partial charge in [-0.2, -0.15) is 0 Å². The van der Waals surface area contributed by atoms with Crippen LogP contribution in [0.4, 0.5) is 14.9 Å². The van der Waals surface area contributed by atoms with Crippen LogP contribution in [0.5, 0.6) is 0 Å². The molecule has 1 heterocycles. The van der Waals surface area contributed by atoms with E-state index >= 15 is 0 Å². The summed E-state index contributed by atoms with van der Waals surface area (Å²) in [6.45, 7) is 1.58. The third-order valence-corrected chi connectivity index (χ3v) is 3.07. The number of hydrogen-bond acceptors (Lipinski definition) is 3. The summed E-state index contributed by atoms with van der Waals surface area (Å²) in [7, 11) is 0. The van der Waals surface area contributed by atoms with Gasteiger partial charge in [-0.05, 0) is 31.0 Å². The van der Waals surface area contributed by atoms with Gasteiger partial charge >= 0.3 is 12.0 Å². The van der Waals surface area contributed by atoms with E-state index in [0.717, 1.165) is 44.5 Å². The monoisotopic (exact) mass is 281 g/mol. The van der Waals surface area contributed by atoms with E-state index in [-0.39, 0.29) is 5.69 Å². The topological polar surface area (TPSA) is 81.7 Å². The number of urea groups is 1. The van der Waals surface area contributed by atoms with Crippen molar-refractivity contribution in [1.29, 1.82) is 0 Å². The summed E-state index contributed by atoms with van der Waals surface area (Å²) in [5.74, 6) is -2.22. The molecule has 1 aromatic carbocycles. The quantitative estimate of drug-likeness (QED) is 0.792. The Bertz CT molecular complexity index is 516. The molecule has 1 aliphatic rings. The molecule has 0 saturated carbocycles. The third kappa shape index (κ3) is 3.67. The van der Waals surface area contributed by atoms with Crippen molar-refractivity contribution in [3.63, 3.8) is 0 Å². The maximum Gasteiger partial charge on any atom is 0.338 e. The fourth-order valence-corrected chi connectivity index (χ4v) is 2.07. The Morgan fingerprint density at radius 2 is 1.90 bits per heavy atom. The lowest BCUT2D eigenvalue weighted by molar-refractivity contribution is 0.0692. The third-order valence-electron chi connectivity index (χ3n) is 3.07. The summed E-state index contributed by atoms with van der Waals surface area (Å²) < 4.78 is 13.4. The van der Waals surface area contributed by atoms with Crippen LogP contribution in [-0.2, 0) is 0 Å². The van der Waals surface area contributed by atoms with Crippen molar-refractivity contribution < 1.29 is 19.1 Å². The first-order valence-corrected chi connectivity index (χ1v) is 6.41. The number of hydrazine groups is 1. The van der Waals surface area contributed by atoms with Gasteiger partial charge in [0.25, 0.3) is 0 Å². The number of carbonyl (C=O) groups excluding carboxylic acids is 1. The van der Waals surface area contributed by atoms with E-state index in [1.165, 1.54) is 6.07 Å². The smallest absolute Gasteiger partial charge is 0.338 e. The van der Waals surface area contributed by atoms with Gasteiger partial charge in [0.1, 0.15) is 5.82 Å². The summed E-state index contributed by atoms with van der Waals surface area (Å²) in [5.41, 5.74) is 2.45. The summed E-state index contributed by atoms with van der Waals surface area (Å²) in [6.07, 6.45) is 3.21. The van der Waals surface area contributed by atoms with Crippen LogP contribution >= 0.6 is 0 Å². The number of carboxylic acids is 1. The van der Waals surface area contributed by atoms with Crippen molar-refractivity contribution in [3.05, 3.63) is 29.6 Å². The maximum atomic E-state index is 13.4. The molecule has 0 aliphatic carbocycles. The maximum absolute atomic E-state index is 13.4. The molecule has 1 aromatic rings. The van der Waals surface area contributed by atoms with E-state index in [1.807, 2.05) is 0 Å². The van der Waals surface area contributed by atoms with Gasteiger partial charge in [0.15, 0.2) is 0 Å². The number of piperidine rings is 1. The molecular formula is C13H16FN3O3. The summed E-state index contributed by atoms with van der Waals surface area (Å²) >= 11 is 0. The number of nitrogens with zero attached hydrogens (tertiary/aromatic N) is 1. The number of benzene rings is 1. The Kier molecular flexibility index (Phi) is 4.52. The molecule has 0 spiro atoms. The molecular weight excluding hydrogens is 265 g/mol. The van der Waals surface area contributed by atoms with Crippen LogP contribution in [0.2, 0.25) is 0 Å². The van der Waals surface area contributed by atoms with Gasteiger partial charge in [-0.1, -0.05) is 6.42 Å². The Labute approximate surface area is 115 Å². The first kappa shape index (κ1) is 14.3. The van der Waals surface area contributed by atoms with E-state index in [9.17, 15) is 14.0 Å². The molecule has 1 aliphatic heterocycles. The van der Waals surface area contributed by atoms with Crippen LogP contribution in [0.25, 0.3) is 0 Å². The summed E-state index contributed by atoms with van der Waals surface area (Å²) in [5, 5.41) is 13.0. The SMILES string of the molecule is O=C(Nc1ccc(C(=O)O)c(F)c1)NN1CCCCC1. The van der Waals surface area contributed by atoms with Crippen LogP contribution in [0, 0.1) is 5.82 Å². The van der Waals surface area contributed by atoms with Gasteiger partial charge in [-0.25, -0.2) is 19.0 Å². The highest BCUT2D eigenvalue weighted by Gasteiger charge is 2.14. The average molecular weight is 281 g/mol. The molecule has 2 amide bonds. The molecule has 0 bridgehead atoms. The van der Waals surface area contributed by atoms with Gasteiger partial charge in [-0.3, -0.25) is 5.43 Å². The van der Waals surface area contributed by atoms with E-state index < -0.39 is 23.4 Å². The lowest BCUT2D eigenvalue weighted by atomic mass is 10.2. The number of rotatable bonds is 3. The molecule has 1 saturated heterocycles. The van der Waals surface area contributed by atoms with Crippen molar-refractivity contribution in [2.45, 2.75) is 19.3 Å². The molecule has 1 fully saturated rings. The zero-order valence-corrected chi connectivity index (χ0v) is 10.9. The first-order valence-electron chi connectivity index (χ1n) is 6.41. The Hall–Kier alpha value is -2.15. The van der Waals surface area contributed by atoms with Crippen LogP contribution < -0.4 is 10.7 Å². The molecule has 0 radical (unpaired) electrons. The summed E-state index contributed by atoms with van der Waals surface area (Å²) in [6, 6.07) is 2.99. The van der Waals surface area contributed by atoms with E-state index in [4.69, 9.17) is 5.11 Å². The first-order chi connectivity index (χ1) is 9.56. The van der Waals surface area contributed by atoms with Crippen molar-refractivity contribution in [1.82, 2.24) is 10.4 Å². The van der Waals surface area contributed by atoms with Crippen molar-refractivity contribution >= 4 is 17.7 Å². The number of nitrogens with one attached hydrogen (secondary N) is 2. The number of anilines is 1. The van der Waals surface area contributed by atoms with Crippen LogP contribution in [0.15, 0.2) is 18.2 Å². The highest BCUT2D eigenvalue weighted by Crippen LogP contribution is 2.14. The molecule has 0 aromatic heterocycles. The van der Waals surface area contributed by atoms with Crippen molar-refractivity contribution in [2.24, 2.45) is 0 Å². The number of amides is 2. The van der Waals surface area contributed by atoms with Crippen LogP contribution in [0.1, 0.15) is 29.6 Å². The Morgan fingerprint density at radius 3 is 2.50 bits per heavy atom. The molecule has 6 nitrogen and oxygen atoms in total. The van der Waals surface area contributed by atoms with E-state index in [1.54, 1.807) is 5.01 Å². The van der Waals surface area contributed by atoms with E-state index in [2.05, 4.69) is 10.7 Å². The predicted molar refractivity (Wildman–Crippen MR) is 70.9 cm³/mol. The molecule has 3 N–H and O–H groups in total. The average Bonchev–Trinajstić information content (AvgIpc) is 2.39. The molecule has 20 heavy (non-hydrogen) atoms. The van der Waals surface area contributed by atoms with Gasteiger partial charge in [-0.15, -0.1) is 0 Å². The van der Waals surface area contributed by atoms with Gasteiger partial charge in [0.2, 0.25) is 0 Å². The molecule has 2 rings (SSSR count). The van der Waals surface area contributed by atoms with Gasteiger partial charge in [0.05, 0.1) is 5.56 Å². The normalized spacial score (nSPS) is 15.7. The van der Waals surface area contributed by atoms with E-state index in [0.29, 0.717) is 0 Å². The number of halogens is 1. The molecule has 0 unspecified atom stereocenters. The highest BCUT2D eigenvalue weighted by atomic mass is 19.1. The lowest BCUT2D eigenvalue weighted by Gasteiger charge is -2.26. The Balaban J connectivity index is 1.93. The second-order valence-corrected chi connectivity index (χ2v) is 4.61. The predicted octanol–water partition coefficient (Wildman–Crippen LogP) is 2.05. The Morgan fingerprint density at radius 1 is 1.20 bits per heavy atom. The van der Waals surface area contributed by atoms with Crippen LogP contribution in [-0.4, -0.2) is 35.2 Å².